The summed E-state index contributed by atoms with van der Waals surface area (Å²) >= 11 is 2.15. The second-order valence-corrected chi connectivity index (χ2v) is 9.99. The predicted octanol–water partition coefficient (Wildman–Crippen LogP) is 3.19. The minimum atomic E-state index is -3.57. The van der Waals surface area contributed by atoms with Crippen molar-refractivity contribution >= 4 is 44.2 Å². The molecule has 0 saturated heterocycles. The van der Waals surface area contributed by atoms with E-state index in [1.54, 1.807) is 12.1 Å². The van der Waals surface area contributed by atoms with Crippen LogP contribution in [-0.4, -0.2) is 32.7 Å². The van der Waals surface area contributed by atoms with Gasteiger partial charge >= 0.3 is 0 Å². The molecule has 0 atom stereocenters. The van der Waals surface area contributed by atoms with Gasteiger partial charge in [0.2, 0.25) is 15.9 Å². The zero-order valence-electron chi connectivity index (χ0n) is 15.1. The Morgan fingerprint density at radius 3 is 2.19 bits per heavy atom. The molecule has 0 aliphatic rings. The molecule has 1 N–H and O–H groups in total. The first-order valence-corrected chi connectivity index (χ1v) is 11.1. The summed E-state index contributed by atoms with van der Waals surface area (Å²) in [6.07, 6.45) is 1.76. The monoisotopic (exact) mass is 486 g/mol. The predicted molar refractivity (Wildman–Crippen MR) is 114 cm³/mol. The molecule has 26 heavy (non-hydrogen) atoms. The van der Waals surface area contributed by atoms with E-state index in [-0.39, 0.29) is 12.5 Å². The molecule has 5 nitrogen and oxygen atoms in total. The summed E-state index contributed by atoms with van der Waals surface area (Å²) in [5.41, 5.74) is 1.09. The lowest BCUT2D eigenvalue weighted by Crippen LogP contribution is -2.50. The number of nitrogens with one attached hydrogen (secondary N) is 1. The van der Waals surface area contributed by atoms with Crippen LogP contribution < -0.4 is 9.62 Å². The van der Waals surface area contributed by atoms with Gasteiger partial charge in [0.05, 0.1) is 11.9 Å². The zero-order valence-corrected chi connectivity index (χ0v) is 18.0. The van der Waals surface area contributed by atoms with Gasteiger partial charge in [0, 0.05) is 9.11 Å². The Bertz CT molecular complexity index is 850. The van der Waals surface area contributed by atoms with Gasteiger partial charge in [0.15, 0.2) is 0 Å². The van der Waals surface area contributed by atoms with E-state index in [4.69, 9.17) is 0 Å². The lowest BCUT2D eigenvalue weighted by atomic mass is 9.95. The maximum atomic E-state index is 12.5. The van der Waals surface area contributed by atoms with Crippen molar-refractivity contribution in [2.45, 2.75) is 25.8 Å². The van der Waals surface area contributed by atoms with Gasteiger partial charge in [-0.05, 0) is 72.7 Å². The number of benzene rings is 2. The van der Waals surface area contributed by atoms with Crippen molar-refractivity contribution in [3.8, 4) is 0 Å². The van der Waals surface area contributed by atoms with Crippen LogP contribution in [0.15, 0.2) is 54.6 Å². The number of halogens is 1. The molecular weight excluding hydrogens is 463 g/mol. The summed E-state index contributed by atoms with van der Waals surface area (Å²) in [5, 5.41) is 2.94. The minimum absolute atomic E-state index is 0.252. The van der Waals surface area contributed by atoms with Crippen LogP contribution >= 0.6 is 22.6 Å². The molecule has 2 rings (SSSR count). The van der Waals surface area contributed by atoms with Crippen molar-refractivity contribution in [2.75, 3.05) is 17.1 Å². The van der Waals surface area contributed by atoms with Crippen LogP contribution in [0.3, 0.4) is 0 Å². The maximum Gasteiger partial charge on any atom is 0.241 e. The Morgan fingerprint density at radius 1 is 1.08 bits per heavy atom. The Balaban J connectivity index is 2.10. The smallest absolute Gasteiger partial charge is 0.241 e. The fourth-order valence-corrected chi connectivity index (χ4v) is 3.92. The molecule has 140 valence electrons. The van der Waals surface area contributed by atoms with Gasteiger partial charge in [-0.25, -0.2) is 8.42 Å². The molecule has 0 spiro atoms. The fraction of sp³-hybridized carbons (Fsp3) is 0.316. The van der Waals surface area contributed by atoms with E-state index in [2.05, 4.69) is 27.9 Å². The number of anilines is 1. The van der Waals surface area contributed by atoms with E-state index in [9.17, 15) is 13.2 Å². The van der Waals surface area contributed by atoms with Crippen LogP contribution in [0.25, 0.3) is 0 Å². The minimum Gasteiger partial charge on any atom is -0.349 e. The summed E-state index contributed by atoms with van der Waals surface area (Å²) in [6, 6.07) is 16.9. The number of hydrogen-bond acceptors (Lipinski definition) is 3. The maximum absolute atomic E-state index is 12.5. The number of hydrogen-bond donors (Lipinski definition) is 1. The van der Waals surface area contributed by atoms with Crippen LogP contribution in [0, 0.1) is 3.57 Å². The van der Waals surface area contributed by atoms with Gasteiger partial charge in [0.25, 0.3) is 0 Å². The average molecular weight is 486 g/mol. The molecule has 2 aromatic rings. The second kappa shape index (κ2) is 8.39. The first-order chi connectivity index (χ1) is 12.1. The van der Waals surface area contributed by atoms with Crippen molar-refractivity contribution in [3.05, 3.63) is 63.7 Å². The largest absolute Gasteiger partial charge is 0.349 e. The highest BCUT2D eigenvalue weighted by Gasteiger charge is 2.25. The fourth-order valence-electron chi connectivity index (χ4n) is 2.71. The number of amides is 1. The molecule has 0 heterocycles. The highest BCUT2D eigenvalue weighted by Crippen LogP contribution is 2.19. The lowest BCUT2D eigenvalue weighted by Gasteiger charge is -2.29. The Hall–Kier alpha value is -1.61. The van der Waals surface area contributed by atoms with Crippen LogP contribution in [0.4, 0.5) is 5.69 Å². The second-order valence-electron chi connectivity index (χ2n) is 6.84. The number of rotatable bonds is 7. The van der Waals surface area contributed by atoms with Gasteiger partial charge in [-0.1, -0.05) is 30.3 Å². The van der Waals surface area contributed by atoms with Crippen LogP contribution in [0.2, 0.25) is 0 Å². The van der Waals surface area contributed by atoms with E-state index < -0.39 is 15.6 Å². The molecule has 0 aromatic heterocycles. The summed E-state index contributed by atoms with van der Waals surface area (Å²) in [5.74, 6) is -0.338. The van der Waals surface area contributed by atoms with E-state index in [1.165, 1.54) is 0 Å². The lowest BCUT2D eigenvalue weighted by molar-refractivity contribution is -0.121. The summed E-state index contributed by atoms with van der Waals surface area (Å²) in [4.78, 5) is 12.5. The summed E-state index contributed by atoms with van der Waals surface area (Å²) in [7, 11) is -3.57. The molecule has 0 saturated carbocycles. The Kier molecular flexibility index (Phi) is 6.68. The van der Waals surface area contributed by atoms with Crippen LogP contribution in [0.1, 0.15) is 19.4 Å². The zero-order chi connectivity index (χ0) is 19.4. The third-order valence-electron chi connectivity index (χ3n) is 3.77. The third-order valence-corrected chi connectivity index (χ3v) is 5.63. The number of nitrogens with zero attached hydrogens (tertiary/aromatic N) is 1. The van der Waals surface area contributed by atoms with Gasteiger partial charge in [-0.3, -0.25) is 9.10 Å². The molecule has 0 unspecified atom stereocenters. The van der Waals surface area contributed by atoms with Crippen molar-refractivity contribution in [3.63, 3.8) is 0 Å². The molecule has 7 heteroatoms. The number of carbonyl (C=O) groups excluding carboxylic acids is 1. The van der Waals surface area contributed by atoms with Crippen molar-refractivity contribution in [1.29, 1.82) is 0 Å². The van der Waals surface area contributed by atoms with Gasteiger partial charge in [-0.2, -0.15) is 0 Å². The van der Waals surface area contributed by atoms with Crippen LogP contribution in [-0.2, 0) is 21.2 Å². The van der Waals surface area contributed by atoms with E-state index >= 15 is 0 Å². The van der Waals surface area contributed by atoms with Crippen LogP contribution in [0.5, 0.6) is 0 Å². The molecule has 2 aromatic carbocycles. The molecule has 0 radical (unpaired) electrons. The third kappa shape index (κ3) is 6.28. The van der Waals surface area contributed by atoms with Gasteiger partial charge < -0.3 is 5.32 Å². The first-order valence-electron chi connectivity index (χ1n) is 8.15. The quantitative estimate of drug-likeness (QED) is 0.612. The number of sulfonamides is 1. The highest BCUT2D eigenvalue weighted by atomic mass is 127. The molecule has 0 aliphatic heterocycles. The van der Waals surface area contributed by atoms with E-state index in [0.717, 1.165) is 19.7 Å². The molecular formula is C19H23IN2O3S. The Labute approximate surface area is 169 Å². The SMILES string of the molecule is CC(C)(Cc1ccccc1)NC(=O)CN(c1ccc(I)cc1)S(C)(=O)=O. The first kappa shape index (κ1) is 20.7. The van der Waals surface area contributed by atoms with E-state index in [0.29, 0.717) is 12.1 Å². The standard InChI is InChI=1S/C19H23IN2O3S/c1-19(2,13-15-7-5-4-6-8-15)21-18(23)14-22(26(3,24)25)17-11-9-16(20)10-12-17/h4-12H,13-14H2,1-3H3,(H,21,23). The molecule has 0 fully saturated rings. The van der Waals surface area contributed by atoms with Gasteiger partial charge in [0.1, 0.15) is 6.54 Å². The van der Waals surface area contributed by atoms with Crippen molar-refractivity contribution in [1.82, 2.24) is 5.32 Å². The summed E-state index contributed by atoms with van der Waals surface area (Å²) in [6.45, 7) is 3.60. The normalized spacial score (nSPS) is 11.8. The van der Waals surface area contributed by atoms with Gasteiger partial charge in [-0.15, -0.1) is 0 Å². The molecule has 1 amide bonds. The molecule has 0 bridgehead atoms. The average Bonchev–Trinajstić information content (AvgIpc) is 2.52. The topological polar surface area (TPSA) is 66.5 Å². The highest BCUT2D eigenvalue weighted by molar-refractivity contribution is 14.1. The van der Waals surface area contributed by atoms with E-state index in [1.807, 2.05) is 56.3 Å². The molecule has 0 aliphatic carbocycles. The van der Waals surface area contributed by atoms with Crippen molar-refractivity contribution < 1.29 is 13.2 Å². The number of carbonyl (C=O) groups is 1. The summed E-state index contributed by atoms with van der Waals surface area (Å²) < 4.78 is 26.4. The Morgan fingerprint density at radius 2 is 1.65 bits per heavy atom. The van der Waals surface area contributed by atoms with Crippen molar-refractivity contribution in [2.24, 2.45) is 0 Å².